The molecule has 0 spiro atoms. The summed E-state index contributed by atoms with van der Waals surface area (Å²) in [5.74, 6) is 2.50. The zero-order valence-corrected chi connectivity index (χ0v) is 23.0. The van der Waals surface area contributed by atoms with E-state index in [9.17, 15) is 4.79 Å². The SMILES string of the molecule is Nc1nc(-c2ccc3ccc(-c4ccccc4)nc3c2)cn2c(C3CCC(CNC(=O)C4CCOC4)CC3)ncc12. The molecular weight excluding hydrogens is 512 g/mol. The zero-order chi connectivity index (χ0) is 27.8. The van der Waals surface area contributed by atoms with E-state index < -0.39 is 0 Å². The number of fused-ring (bicyclic) bond motifs is 2. The molecule has 0 radical (unpaired) electrons. The summed E-state index contributed by atoms with van der Waals surface area (Å²) in [5.41, 5.74) is 12.0. The molecule has 41 heavy (non-hydrogen) atoms. The first-order valence-corrected chi connectivity index (χ1v) is 14.6. The number of aromatic nitrogens is 4. The predicted octanol–water partition coefficient (Wildman–Crippen LogP) is 5.62. The van der Waals surface area contributed by atoms with Gasteiger partial charge >= 0.3 is 0 Å². The topological polar surface area (TPSA) is 107 Å². The van der Waals surface area contributed by atoms with E-state index in [0.29, 0.717) is 30.9 Å². The smallest absolute Gasteiger partial charge is 0.225 e. The highest BCUT2D eigenvalue weighted by molar-refractivity contribution is 5.86. The van der Waals surface area contributed by atoms with E-state index in [1.165, 1.54) is 0 Å². The molecule has 0 bridgehead atoms. The largest absolute Gasteiger partial charge is 0.382 e. The molecule has 1 unspecified atom stereocenters. The number of pyridine rings is 1. The molecule has 2 aromatic carbocycles. The Morgan fingerprint density at radius 3 is 2.59 bits per heavy atom. The van der Waals surface area contributed by atoms with Crippen molar-refractivity contribution >= 4 is 28.1 Å². The van der Waals surface area contributed by atoms with Crippen LogP contribution in [-0.2, 0) is 9.53 Å². The summed E-state index contributed by atoms with van der Waals surface area (Å²) in [7, 11) is 0. The van der Waals surface area contributed by atoms with Crippen molar-refractivity contribution in [2.24, 2.45) is 11.8 Å². The van der Waals surface area contributed by atoms with Crippen LogP contribution in [0.2, 0.25) is 0 Å². The molecule has 4 heterocycles. The lowest BCUT2D eigenvalue weighted by atomic mass is 9.81. The Kier molecular flexibility index (Phi) is 6.84. The molecule has 5 aromatic rings. The Bertz CT molecular complexity index is 1700. The number of rotatable bonds is 6. The third kappa shape index (κ3) is 5.15. The predicted molar refractivity (Wildman–Crippen MR) is 160 cm³/mol. The average Bonchev–Trinajstić information content (AvgIpc) is 3.71. The van der Waals surface area contributed by atoms with Gasteiger partial charge in [0.1, 0.15) is 17.2 Å². The van der Waals surface area contributed by atoms with E-state index >= 15 is 0 Å². The number of imidazole rings is 1. The van der Waals surface area contributed by atoms with Gasteiger partial charge in [-0.3, -0.25) is 9.20 Å². The minimum absolute atomic E-state index is 0.0141. The summed E-state index contributed by atoms with van der Waals surface area (Å²) in [4.78, 5) is 26.9. The molecule has 3 N–H and O–H groups in total. The number of anilines is 1. The Hall–Kier alpha value is -4.30. The minimum atomic E-state index is 0.0141. The monoisotopic (exact) mass is 546 g/mol. The number of hydrogen-bond acceptors (Lipinski definition) is 6. The lowest BCUT2D eigenvalue weighted by Crippen LogP contribution is -2.35. The fourth-order valence-electron chi connectivity index (χ4n) is 6.28. The number of hydrogen-bond donors (Lipinski definition) is 2. The zero-order valence-electron chi connectivity index (χ0n) is 23.0. The Labute approximate surface area is 239 Å². The van der Waals surface area contributed by atoms with Crippen molar-refractivity contribution in [1.29, 1.82) is 0 Å². The van der Waals surface area contributed by atoms with Gasteiger partial charge in [-0.2, -0.15) is 0 Å². The molecule has 1 saturated heterocycles. The first-order chi connectivity index (χ1) is 20.1. The van der Waals surface area contributed by atoms with Crippen molar-refractivity contribution in [3.8, 4) is 22.5 Å². The van der Waals surface area contributed by atoms with Crippen LogP contribution in [-0.4, -0.2) is 45.0 Å². The number of nitrogen functional groups attached to an aromatic ring is 1. The summed E-state index contributed by atoms with van der Waals surface area (Å²) in [6.07, 6.45) is 8.93. The fourth-order valence-corrected chi connectivity index (χ4v) is 6.28. The van der Waals surface area contributed by atoms with E-state index in [1.54, 1.807) is 0 Å². The first kappa shape index (κ1) is 25.7. The number of carbonyl (C=O) groups excluding carboxylic acids is 1. The third-order valence-corrected chi connectivity index (χ3v) is 8.71. The summed E-state index contributed by atoms with van der Waals surface area (Å²) >= 11 is 0. The second-order valence-corrected chi connectivity index (χ2v) is 11.4. The number of nitrogens with two attached hydrogens (primary N) is 1. The Morgan fingerprint density at radius 1 is 0.951 bits per heavy atom. The number of benzene rings is 2. The molecule has 7 rings (SSSR count). The molecule has 1 saturated carbocycles. The normalized spacial score (nSPS) is 20.9. The molecule has 1 aliphatic carbocycles. The van der Waals surface area contributed by atoms with Crippen LogP contribution in [0.15, 0.2) is 73.1 Å². The van der Waals surface area contributed by atoms with Gasteiger partial charge in [-0.1, -0.05) is 48.5 Å². The molecule has 3 aromatic heterocycles. The van der Waals surface area contributed by atoms with Crippen LogP contribution < -0.4 is 11.1 Å². The van der Waals surface area contributed by atoms with Crippen molar-refractivity contribution in [2.75, 3.05) is 25.5 Å². The maximum atomic E-state index is 12.4. The van der Waals surface area contributed by atoms with Gasteiger partial charge < -0.3 is 15.8 Å². The van der Waals surface area contributed by atoms with Crippen LogP contribution in [0.25, 0.3) is 38.9 Å². The molecule has 1 aliphatic heterocycles. The van der Waals surface area contributed by atoms with Crippen LogP contribution in [0.5, 0.6) is 0 Å². The Balaban J connectivity index is 1.10. The third-order valence-electron chi connectivity index (χ3n) is 8.71. The second kappa shape index (κ2) is 10.9. The number of nitrogens with zero attached hydrogens (tertiary/aromatic N) is 4. The summed E-state index contributed by atoms with van der Waals surface area (Å²) < 4.78 is 7.49. The van der Waals surface area contributed by atoms with Crippen molar-refractivity contribution in [2.45, 2.75) is 38.0 Å². The minimum Gasteiger partial charge on any atom is -0.382 e. The van der Waals surface area contributed by atoms with Gasteiger partial charge in [-0.05, 0) is 50.2 Å². The molecule has 1 amide bonds. The van der Waals surface area contributed by atoms with Gasteiger partial charge in [0.15, 0.2) is 0 Å². The molecule has 2 fully saturated rings. The second-order valence-electron chi connectivity index (χ2n) is 11.4. The fraction of sp³-hybridized carbons (Fsp3) is 0.333. The van der Waals surface area contributed by atoms with E-state index in [0.717, 1.165) is 83.4 Å². The standard InChI is InChI=1S/C33H34N6O2/c34-31-30-18-35-32(24-8-6-21(7-9-24)17-36-33(40)26-14-15-41-20-26)39(30)19-29(38-31)25-11-10-23-12-13-27(37-28(23)16-25)22-4-2-1-3-5-22/h1-5,10-13,16,18-19,21,24,26H,6-9,14-15,17,20H2,(H2,34,38)(H,36,40). The van der Waals surface area contributed by atoms with Crippen LogP contribution in [0.1, 0.15) is 43.8 Å². The summed E-state index contributed by atoms with van der Waals surface area (Å²) in [6, 6.07) is 20.6. The molecule has 1 atom stereocenters. The number of ether oxygens (including phenoxy) is 1. The molecule has 8 heteroatoms. The van der Waals surface area contributed by atoms with E-state index in [1.807, 2.05) is 24.4 Å². The van der Waals surface area contributed by atoms with Gasteiger partial charge in [0, 0.05) is 41.8 Å². The van der Waals surface area contributed by atoms with Crippen molar-refractivity contribution in [3.05, 3.63) is 78.9 Å². The summed E-state index contributed by atoms with van der Waals surface area (Å²) in [5, 5.41) is 4.24. The van der Waals surface area contributed by atoms with Gasteiger partial charge in [-0.25, -0.2) is 15.0 Å². The maximum absolute atomic E-state index is 12.4. The molecule has 208 valence electrons. The highest BCUT2D eigenvalue weighted by Crippen LogP contribution is 2.36. The quantitative estimate of drug-likeness (QED) is 0.286. The van der Waals surface area contributed by atoms with E-state index in [2.05, 4.69) is 58.4 Å². The number of amides is 1. The first-order valence-electron chi connectivity index (χ1n) is 14.6. The highest BCUT2D eigenvalue weighted by atomic mass is 16.5. The average molecular weight is 547 g/mol. The van der Waals surface area contributed by atoms with Crippen molar-refractivity contribution < 1.29 is 9.53 Å². The number of carbonyl (C=O) groups is 1. The van der Waals surface area contributed by atoms with Gasteiger partial charge in [0.2, 0.25) is 5.91 Å². The van der Waals surface area contributed by atoms with Crippen molar-refractivity contribution in [1.82, 2.24) is 24.7 Å². The lowest BCUT2D eigenvalue weighted by Gasteiger charge is -2.28. The van der Waals surface area contributed by atoms with Gasteiger partial charge in [0.25, 0.3) is 0 Å². The number of nitrogens with one attached hydrogen (secondary N) is 1. The van der Waals surface area contributed by atoms with Gasteiger partial charge in [-0.15, -0.1) is 0 Å². The summed E-state index contributed by atoms with van der Waals surface area (Å²) in [6.45, 7) is 1.99. The lowest BCUT2D eigenvalue weighted by molar-refractivity contribution is -0.125. The molecular formula is C33H34N6O2. The van der Waals surface area contributed by atoms with Crippen LogP contribution >= 0.6 is 0 Å². The van der Waals surface area contributed by atoms with Gasteiger partial charge in [0.05, 0.1) is 35.6 Å². The maximum Gasteiger partial charge on any atom is 0.225 e. The van der Waals surface area contributed by atoms with Crippen molar-refractivity contribution in [3.63, 3.8) is 0 Å². The van der Waals surface area contributed by atoms with E-state index in [-0.39, 0.29) is 11.8 Å². The molecule has 8 nitrogen and oxygen atoms in total. The molecule has 2 aliphatic rings. The van der Waals surface area contributed by atoms with Crippen LogP contribution in [0, 0.1) is 11.8 Å². The van der Waals surface area contributed by atoms with E-state index in [4.69, 9.17) is 25.4 Å². The van der Waals surface area contributed by atoms with Crippen LogP contribution in [0.3, 0.4) is 0 Å². The highest BCUT2D eigenvalue weighted by Gasteiger charge is 2.28. The van der Waals surface area contributed by atoms with Crippen LogP contribution in [0.4, 0.5) is 5.82 Å². The Morgan fingerprint density at radius 2 is 1.78 bits per heavy atom.